The molecule has 0 heterocycles. The maximum atomic E-state index is 11.7. The lowest BCUT2D eigenvalue weighted by atomic mass is 9.82. The van der Waals surface area contributed by atoms with Crippen LogP contribution in [0.5, 0.6) is 0 Å². The summed E-state index contributed by atoms with van der Waals surface area (Å²) < 4.78 is 0. The van der Waals surface area contributed by atoms with E-state index in [0.717, 1.165) is 25.7 Å². The van der Waals surface area contributed by atoms with Crippen molar-refractivity contribution in [2.45, 2.75) is 90.9 Å². The second kappa shape index (κ2) is 14.5. The highest BCUT2D eigenvalue weighted by molar-refractivity contribution is 6.66. The fourth-order valence-electron chi connectivity index (χ4n) is 3.00. The molecule has 0 spiro atoms. The van der Waals surface area contributed by atoms with Crippen molar-refractivity contribution in [2.24, 2.45) is 11.8 Å². The molecule has 130 valence electrons. The van der Waals surface area contributed by atoms with Crippen molar-refractivity contribution in [2.75, 3.05) is 0 Å². The van der Waals surface area contributed by atoms with Gasteiger partial charge < -0.3 is 0 Å². The van der Waals surface area contributed by atoms with Gasteiger partial charge in [0.15, 0.2) is 0 Å². The maximum absolute atomic E-state index is 11.7. The molecule has 0 aromatic rings. The monoisotopic (exact) mass is 350 g/mol. The first-order valence-corrected chi connectivity index (χ1v) is 9.66. The molecule has 0 aliphatic rings. The Bertz CT molecular complexity index is 305. The second-order valence-corrected chi connectivity index (χ2v) is 7.08. The largest absolute Gasteiger partial charge is 0.281 e. The summed E-state index contributed by atoms with van der Waals surface area (Å²) in [6.45, 7) is 4.38. The Kier molecular flexibility index (Phi) is 14.5. The minimum absolute atomic E-state index is 0.0806. The Morgan fingerprint density at radius 3 is 1.64 bits per heavy atom. The SMILES string of the molecule is CCCCCCCC(CCCCCC)C(CC(=O)Cl)C(=O)Cl. The zero-order valence-electron chi connectivity index (χ0n) is 14.2. The van der Waals surface area contributed by atoms with Gasteiger partial charge in [-0.3, -0.25) is 9.59 Å². The van der Waals surface area contributed by atoms with Crippen LogP contribution in [0.15, 0.2) is 0 Å². The Morgan fingerprint density at radius 1 is 0.773 bits per heavy atom. The van der Waals surface area contributed by atoms with E-state index in [0.29, 0.717) is 0 Å². The van der Waals surface area contributed by atoms with Gasteiger partial charge in [0.05, 0.1) is 0 Å². The van der Waals surface area contributed by atoms with E-state index in [9.17, 15) is 9.59 Å². The van der Waals surface area contributed by atoms with Crippen molar-refractivity contribution < 1.29 is 9.59 Å². The number of hydrogen-bond acceptors (Lipinski definition) is 2. The van der Waals surface area contributed by atoms with E-state index >= 15 is 0 Å². The molecule has 0 fully saturated rings. The van der Waals surface area contributed by atoms with Gasteiger partial charge in [0.2, 0.25) is 10.5 Å². The molecule has 0 aromatic heterocycles. The second-order valence-electron chi connectivity index (χ2n) is 6.28. The molecule has 4 heteroatoms. The van der Waals surface area contributed by atoms with Crippen LogP contribution in [0.4, 0.5) is 0 Å². The summed E-state index contributed by atoms with van der Waals surface area (Å²) in [5.41, 5.74) is 0. The topological polar surface area (TPSA) is 34.1 Å². The van der Waals surface area contributed by atoms with Crippen LogP contribution in [-0.2, 0) is 9.59 Å². The summed E-state index contributed by atoms with van der Waals surface area (Å²) in [6.07, 6.45) is 12.8. The summed E-state index contributed by atoms with van der Waals surface area (Å²) in [5, 5.41) is -0.855. The van der Waals surface area contributed by atoms with Crippen molar-refractivity contribution in [3.8, 4) is 0 Å². The molecule has 2 atom stereocenters. The van der Waals surface area contributed by atoms with E-state index in [4.69, 9.17) is 23.2 Å². The molecule has 0 saturated heterocycles. The highest BCUT2D eigenvalue weighted by atomic mass is 35.5. The van der Waals surface area contributed by atoms with E-state index in [1.807, 2.05) is 0 Å². The molecule has 0 aliphatic carbocycles. The van der Waals surface area contributed by atoms with Gasteiger partial charge in [0.1, 0.15) is 0 Å². The van der Waals surface area contributed by atoms with Gasteiger partial charge in [-0.2, -0.15) is 0 Å². The minimum atomic E-state index is -0.455. The van der Waals surface area contributed by atoms with Gasteiger partial charge in [0.25, 0.3) is 0 Å². The Morgan fingerprint density at radius 2 is 1.23 bits per heavy atom. The van der Waals surface area contributed by atoms with Crippen LogP contribution < -0.4 is 0 Å². The lowest BCUT2D eigenvalue weighted by Gasteiger charge is -2.23. The first-order valence-electron chi connectivity index (χ1n) is 8.90. The average Bonchev–Trinajstić information content (AvgIpc) is 2.46. The zero-order chi connectivity index (χ0) is 16.8. The third kappa shape index (κ3) is 11.5. The summed E-state index contributed by atoms with van der Waals surface area (Å²) in [7, 11) is 0. The molecule has 22 heavy (non-hydrogen) atoms. The number of carbonyl (C=O) groups excluding carboxylic acids is 2. The summed E-state index contributed by atoms with van der Waals surface area (Å²) >= 11 is 11.2. The van der Waals surface area contributed by atoms with Crippen LogP contribution in [-0.4, -0.2) is 10.5 Å². The standard InChI is InChI=1S/C18H32Cl2O2/c1-3-5-7-9-11-13-15(12-10-8-6-4-2)16(18(20)22)14-17(19)21/h15-16H,3-14H2,1-2H3. The number of rotatable bonds is 15. The van der Waals surface area contributed by atoms with E-state index < -0.39 is 16.4 Å². The molecule has 0 amide bonds. The van der Waals surface area contributed by atoms with E-state index in [-0.39, 0.29) is 12.3 Å². The molecule has 0 aromatic carbocycles. The summed E-state index contributed by atoms with van der Waals surface area (Å²) in [5.74, 6) is -0.203. The van der Waals surface area contributed by atoms with Crippen molar-refractivity contribution in [1.29, 1.82) is 0 Å². The van der Waals surface area contributed by atoms with E-state index in [1.165, 1.54) is 44.9 Å². The molecule has 0 saturated carbocycles. The van der Waals surface area contributed by atoms with Gasteiger partial charge in [-0.1, -0.05) is 71.6 Å². The van der Waals surface area contributed by atoms with Crippen LogP contribution in [0.2, 0.25) is 0 Å². The normalized spacial score (nSPS) is 13.8. The molecule has 2 unspecified atom stereocenters. The summed E-state index contributed by atoms with van der Waals surface area (Å²) in [6, 6.07) is 0. The quantitative estimate of drug-likeness (QED) is 0.250. The van der Waals surface area contributed by atoms with Gasteiger partial charge in [-0.15, -0.1) is 0 Å². The Hall–Kier alpha value is -0.0800. The van der Waals surface area contributed by atoms with Crippen molar-refractivity contribution in [3.63, 3.8) is 0 Å². The Balaban J connectivity index is 4.44. The zero-order valence-corrected chi connectivity index (χ0v) is 15.7. The van der Waals surface area contributed by atoms with Crippen LogP contribution in [0, 0.1) is 11.8 Å². The smallest absolute Gasteiger partial charge is 0.225 e. The third-order valence-electron chi connectivity index (χ3n) is 4.35. The predicted octanol–water partition coefficient (Wildman–Crippen LogP) is 6.47. The molecular formula is C18H32Cl2O2. The highest BCUT2D eigenvalue weighted by Crippen LogP contribution is 2.30. The minimum Gasteiger partial charge on any atom is -0.281 e. The number of hydrogen-bond donors (Lipinski definition) is 0. The Labute approximate surface area is 146 Å². The molecular weight excluding hydrogens is 319 g/mol. The van der Waals surface area contributed by atoms with Crippen LogP contribution in [0.3, 0.4) is 0 Å². The molecule has 0 rings (SSSR count). The highest BCUT2D eigenvalue weighted by Gasteiger charge is 2.28. The number of unbranched alkanes of at least 4 members (excludes halogenated alkanes) is 7. The van der Waals surface area contributed by atoms with Crippen LogP contribution in [0.1, 0.15) is 90.9 Å². The number of halogens is 2. The lowest BCUT2D eigenvalue weighted by Crippen LogP contribution is -2.23. The van der Waals surface area contributed by atoms with Crippen molar-refractivity contribution in [3.05, 3.63) is 0 Å². The van der Waals surface area contributed by atoms with Gasteiger partial charge >= 0.3 is 0 Å². The van der Waals surface area contributed by atoms with Gasteiger partial charge in [-0.25, -0.2) is 0 Å². The molecule has 0 aliphatic heterocycles. The predicted molar refractivity (Wildman–Crippen MR) is 95.5 cm³/mol. The molecule has 0 N–H and O–H groups in total. The molecule has 2 nitrogen and oxygen atoms in total. The average molecular weight is 351 g/mol. The third-order valence-corrected chi connectivity index (χ3v) is 4.78. The van der Waals surface area contributed by atoms with Gasteiger partial charge in [0, 0.05) is 12.3 Å². The fourth-order valence-corrected chi connectivity index (χ4v) is 3.42. The van der Waals surface area contributed by atoms with E-state index in [2.05, 4.69) is 13.8 Å². The lowest BCUT2D eigenvalue weighted by molar-refractivity contribution is -0.121. The molecule has 0 bridgehead atoms. The van der Waals surface area contributed by atoms with Gasteiger partial charge in [-0.05, 0) is 42.0 Å². The number of carbonyl (C=O) groups is 2. The molecule has 0 radical (unpaired) electrons. The van der Waals surface area contributed by atoms with Crippen LogP contribution in [0.25, 0.3) is 0 Å². The first-order chi connectivity index (χ1) is 10.5. The maximum Gasteiger partial charge on any atom is 0.225 e. The first kappa shape index (κ1) is 21.9. The van der Waals surface area contributed by atoms with Crippen LogP contribution >= 0.6 is 23.2 Å². The van der Waals surface area contributed by atoms with Crippen molar-refractivity contribution in [1.82, 2.24) is 0 Å². The summed E-state index contributed by atoms with van der Waals surface area (Å²) in [4.78, 5) is 22.9. The van der Waals surface area contributed by atoms with Crippen molar-refractivity contribution >= 4 is 33.7 Å². The van der Waals surface area contributed by atoms with E-state index in [1.54, 1.807) is 0 Å². The fraction of sp³-hybridized carbons (Fsp3) is 0.889.